The Bertz CT molecular complexity index is 1020. The van der Waals surface area contributed by atoms with Crippen LogP contribution in [-0.4, -0.2) is 40.3 Å². The third-order valence-corrected chi connectivity index (χ3v) is 6.38. The van der Waals surface area contributed by atoms with Crippen LogP contribution in [0.1, 0.15) is 62.1 Å². The van der Waals surface area contributed by atoms with Crippen LogP contribution in [0.4, 0.5) is 0 Å². The molecule has 0 bridgehead atoms. The molecule has 1 fully saturated rings. The highest BCUT2D eigenvalue weighted by atomic mass is 16.5. The Kier molecular flexibility index (Phi) is 5.45. The molecule has 0 radical (unpaired) electrons. The maximum atomic E-state index is 13.6. The van der Waals surface area contributed by atoms with Crippen LogP contribution in [0.2, 0.25) is 0 Å². The number of likely N-dealkylation sites (tertiary alicyclic amines) is 1. The summed E-state index contributed by atoms with van der Waals surface area (Å²) in [6.07, 6.45) is 1.64. The summed E-state index contributed by atoms with van der Waals surface area (Å²) in [5.74, 6) is 0.647. The Morgan fingerprint density at radius 3 is 2.58 bits per heavy atom. The number of carbonyl (C=O) groups excluding carboxylic acids is 2. The van der Waals surface area contributed by atoms with E-state index in [2.05, 4.69) is 10.5 Å². The maximum Gasteiger partial charge on any atom is 0.257 e. The van der Waals surface area contributed by atoms with Crippen molar-refractivity contribution >= 4 is 17.6 Å². The first-order valence-corrected chi connectivity index (χ1v) is 10.9. The number of nitrogens with one attached hydrogen (secondary N) is 1. The zero-order valence-corrected chi connectivity index (χ0v) is 18.8. The topological polar surface area (TPSA) is 87.8 Å². The molecule has 3 heterocycles. The van der Waals surface area contributed by atoms with Gasteiger partial charge in [0, 0.05) is 12.6 Å². The summed E-state index contributed by atoms with van der Waals surface area (Å²) in [5, 5.41) is 6.95. The van der Waals surface area contributed by atoms with Crippen LogP contribution >= 0.6 is 0 Å². The van der Waals surface area contributed by atoms with Crippen molar-refractivity contribution in [1.82, 2.24) is 15.4 Å². The van der Waals surface area contributed by atoms with Gasteiger partial charge in [-0.25, -0.2) is 4.99 Å². The highest BCUT2D eigenvalue weighted by Crippen LogP contribution is 2.34. The average Bonchev–Trinajstić information content (AvgIpc) is 3.42. The molecule has 31 heavy (non-hydrogen) atoms. The minimum atomic E-state index is -0.986. The second-order valence-corrected chi connectivity index (χ2v) is 9.17. The molecule has 2 aromatic rings. The lowest BCUT2D eigenvalue weighted by molar-refractivity contribution is -0.134. The van der Waals surface area contributed by atoms with E-state index in [9.17, 15) is 9.59 Å². The predicted molar refractivity (Wildman–Crippen MR) is 118 cm³/mol. The summed E-state index contributed by atoms with van der Waals surface area (Å²) in [4.78, 5) is 33.2. The fraction of sp³-hybridized carbons (Fsp3) is 0.500. The number of rotatable bonds is 5. The number of benzene rings is 1. The molecule has 1 N–H and O–H groups in total. The van der Waals surface area contributed by atoms with Crippen LogP contribution in [0.5, 0.6) is 0 Å². The second-order valence-electron chi connectivity index (χ2n) is 9.17. The SMILES string of the molecule is Cc1ccc(C2(C)N=C(C3CCCN3C(=O)C(c3cc(C)no3)C(C)C)NC2=O)cc1. The molecule has 1 aromatic heterocycles. The first-order valence-electron chi connectivity index (χ1n) is 10.9. The molecule has 4 rings (SSSR count). The van der Waals surface area contributed by atoms with E-state index >= 15 is 0 Å². The van der Waals surface area contributed by atoms with Gasteiger partial charge in [0.15, 0.2) is 5.54 Å². The monoisotopic (exact) mass is 422 g/mol. The van der Waals surface area contributed by atoms with E-state index in [1.54, 1.807) is 0 Å². The number of hydrogen-bond donors (Lipinski definition) is 1. The van der Waals surface area contributed by atoms with Gasteiger partial charge in [-0.05, 0) is 45.1 Å². The first-order chi connectivity index (χ1) is 14.7. The summed E-state index contributed by atoms with van der Waals surface area (Å²) < 4.78 is 5.45. The van der Waals surface area contributed by atoms with Gasteiger partial charge in [-0.1, -0.05) is 48.8 Å². The number of aliphatic imine (C=N–C) groups is 1. The summed E-state index contributed by atoms with van der Waals surface area (Å²) >= 11 is 0. The minimum Gasteiger partial charge on any atom is -0.360 e. The van der Waals surface area contributed by atoms with E-state index in [-0.39, 0.29) is 23.8 Å². The van der Waals surface area contributed by atoms with Crippen LogP contribution < -0.4 is 5.32 Å². The van der Waals surface area contributed by atoms with E-state index in [0.29, 0.717) is 18.1 Å². The number of amides is 2. The zero-order valence-electron chi connectivity index (χ0n) is 18.8. The van der Waals surface area contributed by atoms with E-state index in [4.69, 9.17) is 9.52 Å². The molecule has 7 nitrogen and oxygen atoms in total. The lowest BCUT2D eigenvalue weighted by Crippen LogP contribution is -2.48. The Morgan fingerprint density at radius 1 is 1.26 bits per heavy atom. The summed E-state index contributed by atoms with van der Waals surface area (Å²) in [7, 11) is 0. The Labute approximate surface area is 182 Å². The Morgan fingerprint density at radius 2 is 1.97 bits per heavy atom. The largest absolute Gasteiger partial charge is 0.360 e. The van der Waals surface area contributed by atoms with Crippen molar-refractivity contribution in [2.24, 2.45) is 10.9 Å². The molecular formula is C24H30N4O3. The highest BCUT2D eigenvalue weighted by Gasteiger charge is 2.46. The fourth-order valence-corrected chi connectivity index (χ4v) is 4.55. The number of carbonyl (C=O) groups is 2. The quantitative estimate of drug-likeness (QED) is 0.799. The Hall–Kier alpha value is -2.96. The third kappa shape index (κ3) is 3.77. The molecule has 0 saturated carbocycles. The molecule has 3 atom stereocenters. The molecule has 2 amide bonds. The van der Waals surface area contributed by atoms with Gasteiger partial charge in [-0.2, -0.15) is 0 Å². The van der Waals surface area contributed by atoms with Crippen LogP contribution in [0.3, 0.4) is 0 Å². The summed E-state index contributed by atoms with van der Waals surface area (Å²) in [5.41, 5.74) is 1.75. The smallest absolute Gasteiger partial charge is 0.257 e. The van der Waals surface area contributed by atoms with Gasteiger partial charge < -0.3 is 14.7 Å². The van der Waals surface area contributed by atoms with Crippen molar-refractivity contribution < 1.29 is 14.1 Å². The lowest BCUT2D eigenvalue weighted by atomic mass is 9.91. The standard InChI is InChI=1S/C24H30N4O3/c1-14(2)20(19-13-16(4)27-31-19)22(29)28-12-6-7-18(28)21-25-23(30)24(5,26-21)17-10-8-15(3)9-11-17/h8-11,13-14,18,20H,6-7,12H2,1-5H3,(H,25,26,30). The van der Waals surface area contributed by atoms with Gasteiger partial charge in [0.25, 0.3) is 5.91 Å². The lowest BCUT2D eigenvalue weighted by Gasteiger charge is -2.29. The van der Waals surface area contributed by atoms with Crippen molar-refractivity contribution in [3.05, 3.63) is 52.9 Å². The molecule has 1 saturated heterocycles. The molecule has 1 aromatic carbocycles. The van der Waals surface area contributed by atoms with Gasteiger partial charge in [-0.15, -0.1) is 0 Å². The van der Waals surface area contributed by atoms with Crippen molar-refractivity contribution in [3.63, 3.8) is 0 Å². The van der Waals surface area contributed by atoms with Crippen molar-refractivity contribution in [1.29, 1.82) is 0 Å². The number of hydrogen-bond acceptors (Lipinski definition) is 5. The molecule has 0 aliphatic carbocycles. The number of nitrogens with zero attached hydrogens (tertiary/aromatic N) is 3. The van der Waals surface area contributed by atoms with Crippen LogP contribution in [0.25, 0.3) is 0 Å². The molecule has 2 aliphatic rings. The Balaban J connectivity index is 1.63. The third-order valence-electron chi connectivity index (χ3n) is 6.38. The van der Waals surface area contributed by atoms with Crippen LogP contribution in [-0.2, 0) is 15.1 Å². The maximum absolute atomic E-state index is 13.6. The van der Waals surface area contributed by atoms with E-state index in [1.807, 2.05) is 69.9 Å². The number of aromatic nitrogens is 1. The molecule has 164 valence electrons. The van der Waals surface area contributed by atoms with Crippen molar-refractivity contribution in [2.75, 3.05) is 6.54 Å². The molecule has 3 unspecified atom stereocenters. The first kappa shape index (κ1) is 21.3. The summed E-state index contributed by atoms with van der Waals surface area (Å²) in [6, 6.07) is 9.45. The fourth-order valence-electron chi connectivity index (χ4n) is 4.55. The molecule has 2 aliphatic heterocycles. The molecule has 0 spiro atoms. The number of aryl methyl sites for hydroxylation is 2. The molecule has 7 heteroatoms. The zero-order chi connectivity index (χ0) is 22.3. The van der Waals surface area contributed by atoms with Gasteiger partial charge in [0.1, 0.15) is 17.5 Å². The van der Waals surface area contributed by atoms with Gasteiger partial charge >= 0.3 is 0 Å². The highest BCUT2D eigenvalue weighted by molar-refractivity contribution is 6.11. The van der Waals surface area contributed by atoms with E-state index in [0.717, 1.165) is 29.7 Å². The van der Waals surface area contributed by atoms with E-state index in [1.165, 1.54) is 0 Å². The van der Waals surface area contributed by atoms with Gasteiger partial charge in [-0.3, -0.25) is 9.59 Å². The number of amidine groups is 1. The normalized spacial score (nSPS) is 24.5. The summed E-state index contributed by atoms with van der Waals surface area (Å²) in [6.45, 7) is 10.3. The predicted octanol–water partition coefficient (Wildman–Crippen LogP) is 3.47. The van der Waals surface area contributed by atoms with Gasteiger partial charge in [0.05, 0.1) is 11.7 Å². The molecular weight excluding hydrogens is 392 g/mol. The van der Waals surface area contributed by atoms with Crippen LogP contribution in [0.15, 0.2) is 39.8 Å². The average molecular weight is 423 g/mol. The van der Waals surface area contributed by atoms with Gasteiger partial charge in [0.2, 0.25) is 5.91 Å². The van der Waals surface area contributed by atoms with Crippen molar-refractivity contribution in [3.8, 4) is 0 Å². The van der Waals surface area contributed by atoms with E-state index < -0.39 is 11.5 Å². The van der Waals surface area contributed by atoms with Crippen molar-refractivity contribution in [2.45, 2.75) is 65.0 Å². The second kappa shape index (κ2) is 7.94. The van der Waals surface area contributed by atoms with Crippen LogP contribution in [0, 0.1) is 19.8 Å². The minimum absolute atomic E-state index is 0.00506.